The standard InChI is InChI=1S/C23H20N4S/c28-23-25-24-22(27(23)16-17-8-2-1-3-9-17)14-15-26-20-12-6-4-10-18(20)19-11-5-7-13-21(19)26/h1-13H,14-16H2,(H,25,28). The molecule has 138 valence electrons. The lowest BCUT2D eigenvalue weighted by molar-refractivity contribution is 0.653. The van der Waals surface area contributed by atoms with Gasteiger partial charge in [-0.05, 0) is 29.9 Å². The second-order valence-corrected chi connectivity index (χ2v) is 7.34. The number of aromatic nitrogens is 4. The van der Waals surface area contributed by atoms with Crippen LogP contribution in [0.5, 0.6) is 0 Å². The van der Waals surface area contributed by atoms with Crippen molar-refractivity contribution in [3.63, 3.8) is 0 Å². The third-order valence-electron chi connectivity index (χ3n) is 5.26. The zero-order valence-corrected chi connectivity index (χ0v) is 16.2. The van der Waals surface area contributed by atoms with Crippen molar-refractivity contribution in [3.8, 4) is 0 Å². The van der Waals surface area contributed by atoms with Gasteiger partial charge >= 0.3 is 0 Å². The summed E-state index contributed by atoms with van der Waals surface area (Å²) >= 11 is 5.48. The zero-order valence-electron chi connectivity index (χ0n) is 15.4. The SMILES string of the molecule is S=c1[nH]nc(CCn2c3ccccc3c3ccccc32)n1Cc1ccccc1. The van der Waals surface area contributed by atoms with Crippen LogP contribution < -0.4 is 0 Å². The molecule has 3 aromatic carbocycles. The smallest absolute Gasteiger partial charge is 0.195 e. The van der Waals surface area contributed by atoms with Crippen LogP contribution in [0.2, 0.25) is 0 Å². The molecule has 0 saturated carbocycles. The number of aryl methyl sites for hydroxylation is 2. The van der Waals surface area contributed by atoms with E-state index in [-0.39, 0.29) is 0 Å². The third kappa shape index (κ3) is 2.94. The molecule has 0 aliphatic heterocycles. The summed E-state index contributed by atoms with van der Waals surface area (Å²) in [6.07, 6.45) is 0.808. The normalized spacial score (nSPS) is 11.4. The molecule has 0 spiro atoms. The van der Waals surface area contributed by atoms with Crippen LogP contribution in [0.1, 0.15) is 11.4 Å². The first-order chi connectivity index (χ1) is 13.8. The quantitative estimate of drug-likeness (QED) is 0.415. The van der Waals surface area contributed by atoms with E-state index in [2.05, 4.69) is 92.1 Å². The molecule has 0 aliphatic rings. The number of nitrogens with one attached hydrogen (secondary N) is 1. The molecule has 0 fully saturated rings. The Morgan fingerprint density at radius 3 is 2.04 bits per heavy atom. The molecule has 0 saturated heterocycles. The molecule has 5 aromatic rings. The van der Waals surface area contributed by atoms with E-state index in [1.54, 1.807) is 0 Å². The number of rotatable bonds is 5. The Morgan fingerprint density at radius 2 is 1.36 bits per heavy atom. The lowest BCUT2D eigenvalue weighted by Crippen LogP contribution is -2.09. The Balaban J connectivity index is 1.50. The van der Waals surface area contributed by atoms with Crippen molar-refractivity contribution in [2.24, 2.45) is 0 Å². The fourth-order valence-corrected chi connectivity index (χ4v) is 4.14. The summed E-state index contributed by atoms with van der Waals surface area (Å²) in [6, 6.07) is 27.5. The van der Waals surface area contributed by atoms with Gasteiger partial charge in [-0.1, -0.05) is 66.7 Å². The second kappa shape index (κ2) is 7.09. The zero-order chi connectivity index (χ0) is 18.9. The minimum absolute atomic E-state index is 0.668. The predicted octanol–water partition coefficient (Wildman–Crippen LogP) is 5.34. The maximum absolute atomic E-state index is 5.48. The highest BCUT2D eigenvalue weighted by molar-refractivity contribution is 7.71. The summed E-state index contributed by atoms with van der Waals surface area (Å²) < 4.78 is 5.15. The van der Waals surface area contributed by atoms with E-state index in [1.807, 2.05) is 6.07 Å². The molecule has 0 amide bonds. The molecule has 0 aliphatic carbocycles. The van der Waals surface area contributed by atoms with Crippen molar-refractivity contribution < 1.29 is 0 Å². The summed E-state index contributed by atoms with van der Waals surface area (Å²) in [5.41, 5.74) is 3.73. The lowest BCUT2D eigenvalue weighted by Gasteiger charge is -2.10. The van der Waals surface area contributed by atoms with E-state index in [9.17, 15) is 0 Å². The number of para-hydroxylation sites is 2. The average molecular weight is 385 g/mol. The predicted molar refractivity (Wildman–Crippen MR) is 116 cm³/mol. The summed E-state index contributed by atoms with van der Waals surface area (Å²) in [4.78, 5) is 0. The summed E-state index contributed by atoms with van der Waals surface area (Å²) in [5.74, 6) is 0.982. The Hall–Kier alpha value is -3.18. The van der Waals surface area contributed by atoms with Gasteiger partial charge in [0.05, 0.1) is 6.54 Å². The first kappa shape index (κ1) is 17.0. The van der Waals surface area contributed by atoms with Crippen LogP contribution in [0.25, 0.3) is 21.8 Å². The molecule has 0 bridgehead atoms. The van der Waals surface area contributed by atoms with Crippen LogP contribution in [-0.2, 0) is 19.5 Å². The van der Waals surface area contributed by atoms with Crippen molar-refractivity contribution in [2.75, 3.05) is 0 Å². The van der Waals surface area contributed by atoms with Crippen molar-refractivity contribution in [1.82, 2.24) is 19.3 Å². The van der Waals surface area contributed by atoms with Crippen LogP contribution in [0.3, 0.4) is 0 Å². The van der Waals surface area contributed by atoms with Crippen LogP contribution in [0.4, 0.5) is 0 Å². The second-order valence-electron chi connectivity index (χ2n) is 6.95. The maximum atomic E-state index is 5.48. The summed E-state index contributed by atoms with van der Waals surface area (Å²) in [6.45, 7) is 1.58. The summed E-state index contributed by atoms with van der Waals surface area (Å²) in [5, 5.41) is 10.1. The highest BCUT2D eigenvalue weighted by Gasteiger charge is 2.12. The van der Waals surface area contributed by atoms with Gasteiger partial charge in [-0.3, -0.25) is 9.67 Å². The van der Waals surface area contributed by atoms with E-state index in [0.29, 0.717) is 4.77 Å². The number of H-pyrrole nitrogens is 1. The Labute approximate surface area is 168 Å². The number of hydrogen-bond donors (Lipinski definition) is 1. The largest absolute Gasteiger partial charge is 0.340 e. The van der Waals surface area contributed by atoms with Crippen molar-refractivity contribution in [2.45, 2.75) is 19.5 Å². The van der Waals surface area contributed by atoms with Crippen LogP contribution >= 0.6 is 12.2 Å². The Bertz CT molecular complexity index is 1260. The average Bonchev–Trinajstić information content (AvgIpc) is 3.25. The molecular weight excluding hydrogens is 364 g/mol. The van der Waals surface area contributed by atoms with Gasteiger partial charge in [0.1, 0.15) is 5.82 Å². The van der Waals surface area contributed by atoms with Gasteiger partial charge in [-0.15, -0.1) is 0 Å². The van der Waals surface area contributed by atoms with Crippen molar-refractivity contribution >= 4 is 34.0 Å². The highest BCUT2D eigenvalue weighted by Crippen LogP contribution is 2.28. The molecule has 0 unspecified atom stereocenters. The number of nitrogens with zero attached hydrogens (tertiary/aromatic N) is 3. The van der Waals surface area contributed by atoms with E-state index in [1.165, 1.54) is 27.4 Å². The molecule has 4 nitrogen and oxygen atoms in total. The van der Waals surface area contributed by atoms with E-state index < -0.39 is 0 Å². The Kier molecular flexibility index (Phi) is 4.29. The monoisotopic (exact) mass is 384 g/mol. The molecule has 0 radical (unpaired) electrons. The first-order valence-corrected chi connectivity index (χ1v) is 9.86. The van der Waals surface area contributed by atoms with Gasteiger partial charge in [-0.25, -0.2) is 0 Å². The topological polar surface area (TPSA) is 38.5 Å². The van der Waals surface area contributed by atoms with Gasteiger partial charge < -0.3 is 4.57 Å². The van der Waals surface area contributed by atoms with E-state index in [4.69, 9.17) is 12.2 Å². The van der Waals surface area contributed by atoms with E-state index >= 15 is 0 Å². The molecule has 5 heteroatoms. The highest BCUT2D eigenvalue weighted by atomic mass is 32.1. The molecule has 2 heterocycles. The number of hydrogen-bond acceptors (Lipinski definition) is 2. The lowest BCUT2D eigenvalue weighted by atomic mass is 10.2. The molecule has 28 heavy (non-hydrogen) atoms. The first-order valence-electron chi connectivity index (χ1n) is 9.45. The molecule has 2 aromatic heterocycles. The Morgan fingerprint density at radius 1 is 0.750 bits per heavy atom. The third-order valence-corrected chi connectivity index (χ3v) is 5.57. The van der Waals surface area contributed by atoms with Gasteiger partial charge in [0.25, 0.3) is 0 Å². The van der Waals surface area contributed by atoms with Gasteiger partial charge in [0.2, 0.25) is 0 Å². The van der Waals surface area contributed by atoms with Crippen molar-refractivity contribution in [1.29, 1.82) is 0 Å². The molecule has 5 rings (SSSR count). The van der Waals surface area contributed by atoms with Crippen LogP contribution in [-0.4, -0.2) is 19.3 Å². The number of benzene rings is 3. The van der Waals surface area contributed by atoms with Crippen LogP contribution in [0.15, 0.2) is 78.9 Å². The van der Waals surface area contributed by atoms with E-state index in [0.717, 1.165) is 25.3 Å². The fourth-order valence-electron chi connectivity index (χ4n) is 3.93. The van der Waals surface area contributed by atoms with Gasteiger partial charge in [-0.2, -0.15) is 5.10 Å². The molecular formula is C23H20N4S. The van der Waals surface area contributed by atoms with Gasteiger partial charge in [0, 0.05) is 34.8 Å². The van der Waals surface area contributed by atoms with Crippen LogP contribution in [0, 0.1) is 4.77 Å². The molecule has 1 N–H and O–H groups in total. The maximum Gasteiger partial charge on any atom is 0.195 e. The number of aromatic amines is 1. The number of fused-ring (bicyclic) bond motifs is 3. The van der Waals surface area contributed by atoms with Gasteiger partial charge in [0.15, 0.2) is 4.77 Å². The minimum atomic E-state index is 0.668. The summed E-state index contributed by atoms with van der Waals surface area (Å²) in [7, 11) is 0. The minimum Gasteiger partial charge on any atom is -0.340 e. The van der Waals surface area contributed by atoms with Crippen molar-refractivity contribution in [3.05, 3.63) is 95.0 Å². The molecule has 0 atom stereocenters. The fraction of sp³-hybridized carbons (Fsp3) is 0.130.